The smallest absolute Gasteiger partial charge is 0.311 e. The quantitative estimate of drug-likeness (QED) is 0.558. The van der Waals surface area contributed by atoms with Crippen molar-refractivity contribution in [2.75, 3.05) is 0 Å². The van der Waals surface area contributed by atoms with Crippen LogP contribution in [-0.4, -0.2) is 44.3 Å². The molecule has 1 saturated carbocycles. The monoisotopic (exact) mass is 356 g/mol. The highest BCUT2D eigenvalue weighted by Gasteiger charge is 2.37. The van der Waals surface area contributed by atoms with E-state index in [1.807, 2.05) is 0 Å². The first-order valence-electron chi connectivity index (χ1n) is 8.24. The van der Waals surface area contributed by atoms with Crippen LogP contribution in [0.1, 0.15) is 39.0 Å². The minimum atomic E-state index is -1.06. The van der Waals surface area contributed by atoms with Crippen LogP contribution in [0.5, 0.6) is 0 Å². The van der Waals surface area contributed by atoms with Crippen molar-refractivity contribution in [3.05, 3.63) is 12.2 Å². The molecule has 0 bridgehead atoms. The molecule has 8 heteroatoms. The highest BCUT2D eigenvalue weighted by molar-refractivity contribution is 5.82. The first-order valence-corrected chi connectivity index (χ1v) is 8.24. The zero-order valence-electron chi connectivity index (χ0n) is 14.0. The van der Waals surface area contributed by atoms with E-state index in [1.54, 1.807) is 13.0 Å². The Bertz CT molecular complexity index is 531. The molecule has 5 unspecified atom stereocenters. The Balaban J connectivity index is 0.000000251. The third-order valence-corrected chi connectivity index (χ3v) is 4.82. The molecule has 25 heavy (non-hydrogen) atoms. The van der Waals surface area contributed by atoms with Crippen LogP contribution in [0.25, 0.3) is 0 Å². The molecule has 2 aliphatic rings. The van der Waals surface area contributed by atoms with Crippen molar-refractivity contribution >= 4 is 23.9 Å². The molecule has 0 aromatic carbocycles. The predicted molar refractivity (Wildman–Crippen MR) is 85.9 cm³/mol. The molecule has 2 aliphatic carbocycles. The molecule has 0 aromatic rings. The zero-order valence-corrected chi connectivity index (χ0v) is 14.0. The topological polar surface area (TPSA) is 149 Å². The van der Waals surface area contributed by atoms with Gasteiger partial charge in [-0.15, -0.1) is 0 Å². The van der Waals surface area contributed by atoms with Crippen molar-refractivity contribution in [3.63, 3.8) is 0 Å². The first-order chi connectivity index (χ1) is 11.7. The van der Waals surface area contributed by atoms with Gasteiger partial charge in [0.2, 0.25) is 0 Å². The highest BCUT2D eigenvalue weighted by Crippen LogP contribution is 2.31. The average molecular weight is 356 g/mol. The van der Waals surface area contributed by atoms with Crippen LogP contribution in [0, 0.1) is 29.6 Å². The van der Waals surface area contributed by atoms with Crippen LogP contribution in [0.15, 0.2) is 12.2 Å². The van der Waals surface area contributed by atoms with E-state index >= 15 is 0 Å². The molecule has 0 saturated heterocycles. The maximum atomic E-state index is 10.8. The van der Waals surface area contributed by atoms with Crippen LogP contribution < -0.4 is 0 Å². The largest absolute Gasteiger partial charge is 0.481 e. The summed E-state index contributed by atoms with van der Waals surface area (Å²) in [5.74, 6) is -7.14. The van der Waals surface area contributed by atoms with Crippen molar-refractivity contribution < 1.29 is 39.6 Å². The van der Waals surface area contributed by atoms with Gasteiger partial charge in [0, 0.05) is 0 Å². The van der Waals surface area contributed by atoms with E-state index in [4.69, 9.17) is 20.4 Å². The average Bonchev–Trinajstić information content (AvgIpc) is 2.54. The van der Waals surface area contributed by atoms with Crippen molar-refractivity contribution in [1.82, 2.24) is 0 Å². The molecule has 0 aliphatic heterocycles. The Hall–Kier alpha value is -2.38. The normalized spacial score (nSPS) is 31.3. The van der Waals surface area contributed by atoms with E-state index in [0.29, 0.717) is 19.3 Å². The van der Waals surface area contributed by atoms with E-state index < -0.39 is 47.5 Å². The van der Waals surface area contributed by atoms with Gasteiger partial charge in [0.05, 0.1) is 23.7 Å². The molecule has 140 valence electrons. The van der Waals surface area contributed by atoms with Gasteiger partial charge in [-0.2, -0.15) is 0 Å². The molecule has 0 radical (unpaired) electrons. The lowest BCUT2D eigenvalue weighted by atomic mass is 9.77. The number of allylic oxidation sites excluding steroid dienone is 1. The van der Waals surface area contributed by atoms with E-state index in [0.717, 1.165) is 12.8 Å². The Labute approximate surface area is 145 Å². The second kappa shape index (κ2) is 9.19. The van der Waals surface area contributed by atoms with Crippen LogP contribution in [0.4, 0.5) is 0 Å². The minimum absolute atomic E-state index is 0.108. The number of carboxylic acid groups (broad SMARTS) is 4. The van der Waals surface area contributed by atoms with Crippen molar-refractivity contribution in [2.45, 2.75) is 39.0 Å². The Kier molecular flexibility index (Phi) is 7.60. The fourth-order valence-corrected chi connectivity index (χ4v) is 3.42. The lowest BCUT2D eigenvalue weighted by molar-refractivity contribution is -0.155. The molecule has 0 heterocycles. The molecule has 1 fully saturated rings. The lowest BCUT2D eigenvalue weighted by Gasteiger charge is -2.26. The third kappa shape index (κ3) is 5.58. The summed E-state index contributed by atoms with van der Waals surface area (Å²) < 4.78 is 0. The number of carboxylic acids is 4. The summed E-state index contributed by atoms with van der Waals surface area (Å²) in [6, 6.07) is 0. The second-order valence-corrected chi connectivity index (χ2v) is 6.54. The van der Waals surface area contributed by atoms with Gasteiger partial charge in [-0.3, -0.25) is 19.2 Å². The van der Waals surface area contributed by atoms with Gasteiger partial charge >= 0.3 is 23.9 Å². The fourth-order valence-electron chi connectivity index (χ4n) is 3.42. The van der Waals surface area contributed by atoms with Crippen molar-refractivity contribution in [2.24, 2.45) is 29.6 Å². The summed E-state index contributed by atoms with van der Waals surface area (Å²) in [7, 11) is 0. The number of aliphatic carboxylic acids is 4. The molecular weight excluding hydrogens is 332 g/mol. The van der Waals surface area contributed by atoms with E-state index in [1.165, 1.54) is 6.08 Å². The Morgan fingerprint density at radius 3 is 1.60 bits per heavy atom. The molecular formula is C17H24O8. The second-order valence-electron chi connectivity index (χ2n) is 6.54. The summed E-state index contributed by atoms with van der Waals surface area (Å²) in [5.41, 5.74) is 0. The fraction of sp³-hybridized carbons (Fsp3) is 0.647. The van der Waals surface area contributed by atoms with Gasteiger partial charge in [0.15, 0.2) is 0 Å². The maximum Gasteiger partial charge on any atom is 0.311 e. The third-order valence-electron chi connectivity index (χ3n) is 4.82. The first kappa shape index (κ1) is 20.7. The number of carbonyl (C=O) groups is 4. The lowest BCUT2D eigenvalue weighted by Crippen LogP contribution is -2.35. The number of hydrogen-bond acceptors (Lipinski definition) is 4. The van der Waals surface area contributed by atoms with Crippen molar-refractivity contribution in [3.8, 4) is 0 Å². The standard InChI is InChI=1S/C9H12O4.C8H12O4/c1-5-3-2-4-6(8(10)11)7(5)9(12)13;9-7(10)5-3-1-2-4-6(5)8(11)12/h2,4-7H,3H2,1H3,(H,10,11)(H,12,13);5-6H,1-4H2,(H,9,10)(H,11,12). The van der Waals surface area contributed by atoms with Gasteiger partial charge in [0.1, 0.15) is 0 Å². The molecule has 2 rings (SSSR count). The maximum absolute atomic E-state index is 10.8. The molecule has 5 atom stereocenters. The van der Waals surface area contributed by atoms with Crippen LogP contribution >= 0.6 is 0 Å². The van der Waals surface area contributed by atoms with Gasteiger partial charge in [-0.1, -0.05) is 31.9 Å². The molecule has 8 nitrogen and oxygen atoms in total. The predicted octanol–water partition coefficient (Wildman–Crippen LogP) is 1.95. The molecule has 0 spiro atoms. The van der Waals surface area contributed by atoms with E-state index in [2.05, 4.69) is 0 Å². The van der Waals surface area contributed by atoms with Gasteiger partial charge < -0.3 is 20.4 Å². The zero-order chi connectivity index (χ0) is 19.1. The molecule has 0 amide bonds. The van der Waals surface area contributed by atoms with Gasteiger partial charge in [-0.25, -0.2) is 0 Å². The summed E-state index contributed by atoms with van der Waals surface area (Å²) >= 11 is 0. The van der Waals surface area contributed by atoms with Gasteiger partial charge in [0.25, 0.3) is 0 Å². The minimum Gasteiger partial charge on any atom is -0.481 e. The van der Waals surface area contributed by atoms with Crippen molar-refractivity contribution in [1.29, 1.82) is 0 Å². The summed E-state index contributed by atoms with van der Waals surface area (Å²) in [4.78, 5) is 42.7. The Morgan fingerprint density at radius 1 is 0.800 bits per heavy atom. The Morgan fingerprint density at radius 2 is 1.28 bits per heavy atom. The van der Waals surface area contributed by atoms with Crippen LogP contribution in [-0.2, 0) is 19.2 Å². The summed E-state index contributed by atoms with van der Waals surface area (Å²) in [6.45, 7) is 1.76. The highest BCUT2D eigenvalue weighted by atomic mass is 16.4. The van der Waals surface area contributed by atoms with Crippen LogP contribution in [0.3, 0.4) is 0 Å². The molecule has 0 aromatic heterocycles. The number of rotatable bonds is 4. The summed E-state index contributed by atoms with van der Waals surface area (Å²) in [6.07, 6.45) is 6.53. The van der Waals surface area contributed by atoms with E-state index in [9.17, 15) is 19.2 Å². The van der Waals surface area contributed by atoms with E-state index in [-0.39, 0.29) is 5.92 Å². The molecule has 4 N–H and O–H groups in total. The summed E-state index contributed by atoms with van der Waals surface area (Å²) in [5, 5.41) is 35.0. The SMILES string of the molecule is CC1CC=CC(C(=O)O)C1C(=O)O.O=C(O)C1CCCCC1C(=O)O. The number of hydrogen-bond donors (Lipinski definition) is 4. The van der Waals surface area contributed by atoms with Crippen LogP contribution in [0.2, 0.25) is 0 Å². The van der Waals surface area contributed by atoms with Gasteiger partial charge in [-0.05, 0) is 25.2 Å².